The molecule has 0 bridgehead atoms. The van der Waals surface area contributed by atoms with Crippen molar-refractivity contribution in [1.82, 2.24) is 9.97 Å². The number of aromatic nitrogens is 2. The topological polar surface area (TPSA) is 75.9 Å². The van der Waals surface area contributed by atoms with Crippen LogP contribution in [0.2, 0.25) is 0 Å². The SMILES string of the molecule is CCNc1cc(NC(C)(C)CC(C)(C)C)nc(N)n1. The van der Waals surface area contributed by atoms with Crippen LogP contribution in [0.4, 0.5) is 17.6 Å². The van der Waals surface area contributed by atoms with Crippen LogP contribution in [0.15, 0.2) is 6.07 Å². The van der Waals surface area contributed by atoms with E-state index in [2.05, 4.69) is 55.2 Å². The van der Waals surface area contributed by atoms with Crippen LogP contribution < -0.4 is 16.4 Å². The molecule has 0 unspecified atom stereocenters. The lowest BCUT2D eigenvalue weighted by atomic mass is 9.82. The summed E-state index contributed by atoms with van der Waals surface area (Å²) in [6, 6.07) is 1.89. The lowest BCUT2D eigenvalue weighted by molar-refractivity contribution is 0.302. The number of nitrogen functional groups attached to an aromatic ring is 1. The molecule has 4 N–H and O–H groups in total. The van der Waals surface area contributed by atoms with E-state index in [4.69, 9.17) is 5.73 Å². The van der Waals surface area contributed by atoms with Crippen LogP contribution in [0.1, 0.15) is 48.0 Å². The Labute approximate surface area is 116 Å². The summed E-state index contributed by atoms with van der Waals surface area (Å²) in [5.41, 5.74) is 5.93. The standard InChI is InChI=1S/C14H27N5/c1-7-16-10-8-11(18-12(15)17-10)19-14(5,6)9-13(2,3)4/h8H,7,9H2,1-6H3,(H4,15,16,17,18,19). The van der Waals surface area contributed by atoms with E-state index in [-0.39, 0.29) is 16.9 Å². The zero-order valence-corrected chi connectivity index (χ0v) is 13.0. The number of nitrogens with two attached hydrogens (primary N) is 1. The molecule has 1 aromatic rings. The summed E-state index contributed by atoms with van der Waals surface area (Å²) in [5, 5.41) is 6.59. The molecule has 0 atom stereocenters. The molecule has 1 rings (SSSR count). The van der Waals surface area contributed by atoms with Crippen molar-refractivity contribution in [2.24, 2.45) is 5.41 Å². The summed E-state index contributed by atoms with van der Waals surface area (Å²) in [4.78, 5) is 8.39. The third kappa shape index (κ3) is 5.77. The van der Waals surface area contributed by atoms with Gasteiger partial charge in [-0.1, -0.05) is 20.8 Å². The number of nitrogens with one attached hydrogen (secondary N) is 2. The van der Waals surface area contributed by atoms with Crippen LogP contribution in [0.3, 0.4) is 0 Å². The molecule has 0 saturated carbocycles. The smallest absolute Gasteiger partial charge is 0.223 e. The van der Waals surface area contributed by atoms with E-state index in [9.17, 15) is 0 Å². The summed E-state index contributed by atoms with van der Waals surface area (Å²) in [6.07, 6.45) is 1.03. The number of hydrogen-bond donors (Lipinski definition) is 3. The molecule has 0 aliphatic heterocycles. The minimum Gasteiger partial charge on any atom is -0.370 e. The van der Waals surface area contributed by atoms with E-state index in [0.29, 0.717) is 0 Å². The molecular formula is C14H27N5. The van der Waals surface area contributed by atoms with Crippen LogP contribution in [0.25, 0.3) is 0 Å². The van der Waals surface area contributed by atoms with E-state index in [0.717, 1.165) is 24.6 Å². The second kappa shape index (κ2) is 5.63. The molecule has 0 aromatic carbocycles. The van der Waals surface area contributed by atoms with Gasteiger partial charge in [0.1, 0.15) is 11.6 Å². The van der Waals surface area contributed by atoms with E-state index in [1.807, 2.05) is 13.0 Å². The third-order valence-electron chi connectivity index (χ3n) is 2.54. The van der Waals surface area contributed by atoms with Crippen LogP contribution in [-0.4, -0.2) is 22.1 Å². The molecule has 5 nitrogen and oxygen atoms in total. The Balaban J connectivity index is 2.86. The summed E-state index contributed by atoms with van der Waals surface area (Å²) in [5.74, 6) is 1.80. The Morgan fingerprint density at radius 2 is 1.68 bits per heavy atom. The first-order valence-corrected chi connectivity index (χ1v) is 6.78. The first kappa shape index (κ1) is 15.5. The highest BCUT2D eigenvalue weighted by atomic mass is 15.1. The highest BCUT2D eigenvalue weighted by Crippen LogP contribution is 2.29. The maximum Gasteiger partial charge on any atom is 0.223 e. The van der Waals surface area contributed by atoms with Crippen LogP contribution in [0, 0.1) is 5.41 Å². The first-order chi connectivity index (χ1) is 8.61. The fourth-order valence-corrected chi connectivity index (χ4v) is 2.52. The van der Waals surface area contributed by atoms with Gasteiger partial charge in [0.2, 0.25) is 5.95 Å². The molecule has 0 fully saturated rings. The van der Waals surface area contributed by atoms with Gasteiger partial charge in [0, 0.05) is 18.2 Å². The van der Waals surface area contributed by atoms with Gasteiger partial charge in [-0.05, 0) is 32.6 Å². The lowest BCUT2D eigenvalue weighted by Gasteiger charge is -2.33. The first-order valence-electron chi connectivity index (χ1n) is 6.78. The fraction of sp³-hybridized carbons (Fsp3) is 0.714. The van der Waals surface area contributed by atoms with E-state index in [1.165, 1.54) is 0 Å². The quantitative estimate of drug-likeness (QED) is 0.762. The van der Waals surface area contributed by atoms with Gasteiger partial charge < -0.3 is 16.4 Å². The Morgan fingerprint density at radius 3 is 2.21 bits per heavy atom. The van der Waals surface area contributed by atoms with Crippen molar-refractivity contribution in [2.45, 2.75) is 53.5 Å². The van der Waals surface area contributed by atoms with Crippen LogP contribution in [-0.2, 0) is 0 Å². The Kier molecular flexibility index (Phi) is 4.61. The van der Waals surface area contributed by atoms with Crippen molar-refractivity contribution in [1.29, 1.82) is 0 Å². The average molecular weight is 265 g/mol. The predicted octanol–water partition coefficient (Wildman–Crippen LogP) is 3.12. The summed E-state index contributed by atoms with van der Waals surface area (Å²) in [7, 11) is 0. The fourth-order valence-electron chi connectivity index (χ4n) is 2.52. The predicted molar refractivity (Wildman–Crippen MR) is 82.4 cm³/mol. The summed E-state index contributed by atoms with van der Waals surface area (Å²) >= 11 is 0. The molecule has 0 amide bonds. The molecule has 0 spiro atoms. The van der Waals surface area contributed by atoms with Crippen molar-refractivity contribution >= 4 is 17.6 Å². The van der Waals surface area contributed by atoms with E-state index >= 15 is 0 Å². The maximum atomic E-state index is 5.73. The molecule has 1 heterocycles. The van der Waals surface area contributed by atoms with Gasteiger partial charge in [-0.15, -0.1) is 0 Å². The number of nitrogens with zero attached hydrogens (tertiary/aromatic N) is 2. The number of anilines is 3. The van der Waals surface area contributed by atoms with Gasteiger partial charge in [0.05, 0.1) is 0 Å². The molecule has 19 heavy (non-hydrogen) atoms. The molecular weight excluding hydrogens is 238 g/mol. The average Bonchev–Trinajstić information content (AvgIpc) is 2.10. The minimum absolute atomic E-state index is 0.0530. The highest BCUT2D eigenvalue weighted by Gasteiger charge is 2.25. The van der Waals surface area contributed by atoms with Gasteiger partial charge in [0.25, 0.3) is 0 Å². The lowest BCUT2D eigenvalue weighted by Crippen LogP contribution is -2.35. The van der Waals surface area contributed by atoms with Gasteiger partial charge in [-0.2, -0.15) is 9.97 Å². The normalized spacial score (nSPS) is 12.3. The molecule has 0 aliphatic rings. The van der Waals surface area contributed by atoms with Crippen molar-refractivity contribution in [3.8, 4) is 0 Å². The van der Waals surface area contributed by atoms with Gasteiger partial charge >= 0.3 is 0 Å². The van der Waals surface area contributed by atoms with Crippen molar-refractivity contribution in [3.63, 3.8) is 0 Å². The molecule has 5 heteroatoms. The second-order valence-electron chi connectivity index (χ2n) is 6.77. The molecule has 108 valence electrons. The highest BCUT2D eigenvalue weighted by molar-refractivity contribution is 5.52. The largest absolute Gasteiger partial charge is 0.370 e. The number of rotatable bonds is 5. The molecule has 1 aromatic heterocycles. The Morgan fingerprint density at radius 1 is 1.11 bits per heavy atom. The summed E-state index contributed by atoms with van der Waals surface area (Å²) < 4.78 is 0. The monoisotopic (exact) mass is 265 g/mol. The molecule has 0 aliphatic carbocycles. The Hall–Kier alpha value is -1.52. The van der Waals surface area contributed by atoms with Crippen molar-refractivity contribution in [2.75, 3.05) is 22.9 Å². The molecule has 0 saturated heterocycles. The summed E-state index contributed by atoms with van der Waals surface area (Å²) in [6.45, 7) is 13.9. The second-order valence-corrected chi connectivity index (χ2v) is 6.77. The zero-order valence-electron chi connectivity index (χ0n) is 13.0. The zero-order chi connectivity index (χ0) is 14.7. The van der Waals surface area contributed by atoms with E-state index in [1.54, 1.807) is 0 Å². The van der Waals surface area contributed by atoms with Gasteiger partial charge in [0.15, 0.2) is 0 Å². The molecule has 0 radical (unpaired) electrons. The van der Waals surface area contributed by atoms with E-state index < -0.39 is 0 Å². The van der Waals surface area contributed by atoms with Gasteiger partial charge in [-0.25, -0.2) is 0 Å². The van der Waals surface area contributed by atoms with Crippen molar-refractivity contribution in [3.05, 3.63) is 6.07 Å². The van der Waals surface area contributed by atoms with Crippen LogP contribution >= 0.6 is 0 Å². The van der Waals surface area contributed by atoms with Crippen molar-refractivity contribution < 1.29 is 0 Å². The number of hydrogen-bond acceptors (Lipinski definition) is 5. The minimum atomic E-state index is -0.0530. The van der Waals surface area contributed by atoms with Gasteiger partial charge in [-0.3, -0.25) is 0 Å². The van der Waals surface area contributed by atoms with Crippen LogP contribution in [0.5, 0.6) is 0 Å². The maximum absolute atomic E-state index is 5.73. The third-order valence-corrected chi connectivity index (χ3v) is 2.54. The Bertz CT molecular complexity index is 420.